The van der Waals surface area contributed by atoms with Crippen LogP contribution in [-0.2, 0) is 10.0 Å². The Morgan fingerprint density at radius 2 is 1.78 bits per heavy atom. The number of rotatable bonds is 3. The van der Waals surface area contributed by atoms with Crippen LogP contribution in [0.25, 0.3) is 0 Å². The quantitative estimate of drug-likeness (QED) is 0.735. The molecule has 0 atom stereocenters. The fraction of sp³-hybridized carbons (Fsp3) is 0.400. The maximum Gasteiger partial charge on any atom is 0.243 e. The highest BCUT2D eigenvalue weighted by Crippen LogP contribution is 2.33. The predicted molar refractivity (Wildman–Crippen MR) is 70.2 cm³/mol. The maximum absolute atomic E-state index is 12.1. The molecule has 100 valence electrons. The van der Waals surface area contributed by atoms with E-state index in [0.717, 1.165) is 0 Å². The lowest BCUT2D eigenvalue weighted by Crippen LogP contribution is -2.46. The Labute approximate surface area is 115 Å². The summed E-state index contributed by atoms with van der Waals surface area (Å²) in [5, 5.41) is 9.09. The van der Waals surface area contributed by atoms with Crippen molar-refractivity contribution in [3.63, 3.8) is 0 Å². The van der Waals surface area contributed by atoms with Gasteiger partial charge >= 0.3 is 0 Å². The first kappa shape index (κ1) is 13.9. The van der Waals surface area contributed by atoms with E-state index in [2.05, 4.69) is 4.72 Å². The van der Waals surface area contributed by atoms with Gasteiger partial charge in [-0.15, -0.1) is 0 Å². The normalized spacial score (nSPS) is 23.7. The molecule has 1 fully saturated rings. The van der Waals surface area contributed by atoms with Crippen molar-refractivity contribution in [2.45, 2.75) is 29.9 Å². The first-order chi connectivity index (χ1) is 8.29. The van der Waals surface area contributed by atoms with Crippen molar-refractivity contribution in [2.24, 2.45) is 0 Å². The standard InChI is InChI=1S/C10H12Cl2N2O3S/c11-8-1-5(13)2-9(12)10(8)18(16,17)14-6-3-7(15)4-6/h1-2,6-7,14-15H,3-4,13H2. The first-order valence-electron chi connectivity index (χ1n) is 5.24. The topological polar surface area (TPSA) is 92.4 Å². The van der Waals surface area contributed by atoms with Gasteiger partial charge in [0.05, 0.1) is 16.1 Å². The number of aliphatic hydroxyl groups excluding tert-OH is 1. The third kappa shape index (κ3) is 2.73. The molecule has 18 heavy (non-hydrogen) atoms. The van der Waals surface area contributed by atoms with Crippen LogP contribution in [0.4, 0.5) is 5.69 Å². The minimum Gasteiger partial charge on any atom is -0.399 e. The van der Waals surface area contributed by atoms with Crippen molar-refractivity contribution < 1.29 is 13.5 Å². The van der Waals surface area contributed by atoms with Crippen LogP contribution in [0.5, 0.6) is 0 Å². The summed E-state index contributed by atoms with van der Waals surface area (Å²) < 4.78 is 26.6. The second kappa shape index (κ2) is 4.86. The lowest BCUT2D eigenvalue weighted by molar-refractivity contribution is 0.0712. The molecule has 1 aliphatic rings. The zero-order valence-electron chi connectivity index (χ0n) is 9.23. The molecule has 2 rings (SSSR count). The summed E-state index contributed by atoms with van der Waals surface area (Å²) in [7, 11) is -3.80. The number of benzene rings is 1. The summed E-state index contributed by atoms with van der Waals surface area (Å²) in [6.07, 6.45) is 0.336. The first-order valence-corrected chi connectivity index (χ1v) is 7.48. The van der Waals surface area contributed by atoms with Gasteiger partial charge in [0.1, 0.15) is 4.90 Å². The van der Waals surface area contributed by atoms with Crippen molar-refractivity contribution in [3.8, 4) is 0 Å². The summed E-state index contributed by atoms with van der Waals surface area (Å²) in [6, 6.07) is 2.38. The van der Waals surface area contributed by atoms with Gasteiger partial charge in [0.25, 0.3) is 0 Å². The van der Waals surface area contributed by atoms with Crippen LogP contribution in [0.1, 0.15) is 12.8 Å². The molecule has 0 bridgehead atoms. The molecule has 1 aromatic carbocycles. The largest absolute Gasteiger partial charge is 0.399 e. The number of hydrogen-bond donors (Lipinski definition) is 3. The number of nitrogens with two attached hydrogens (primary N) is 1. The molecular formula is C10H12Cl2N2O3S. The number of nitrogen functional groups attached to an aromatic ring is 1. The fourth-order valence-corrected chi connectivity index (χ4v) is 4.29. The van der Waals surface area contributed by atoms with Gasteiger partial charge in [0, 0.05) is 11.7 Å². The molecule has 0 radical (unpaired) electrons. The molecule has 1 aliphatic carbocycles. The van der Waals surface area contributed by atoms with Crippen molar-refractivity contribution in [1.29, 1.82) is 0 Å². The van der Waals surface area contributed by atoms with Crippen LogP contribution >= 0.6 is 23.2 Å². The van der Waals surface area contributed by atoms with Gasteiger partial charge in [-0.1, -0.05) is 23.2 Å². The molecule has 0 heterocycles. The van der Waals surface area contributed by atoms with Gasteiger partial charge < -0.3 is 10.8 Å². The third-order valence-electron chi connectivity index (χ3n) is 2.72. The Morgan fingerprint density at radius 1 is 1.28 bits per heavy atom. The van der Waals surface area contributed by atoms with Crippen LogP contribution in [0.2, 0.25) is 10.0 Å². The number of nitrogens with one attached hydrogen (secondary N) is 1. The molecule has 0 unspecified atom stereocenters. The van der Waals surface area contributed by atoms with Gasteiger partial charge in [-0.2, -0.15) is 0 Å². The highest BCUT2D eigenvalue weighted by atomic mass is 35.5. The van der Waals surface area contributed by atoms with Crippen LogP contribution in [0.15, 0.2) is 17.0 Å². The average molecular weight is 311 g/mol. The number of anilines is 1. The molecule has 1 saturated carbocycles. The Kier molecular flexibility index (Phi) is 3.75. The monoisotopic (exact) mass is 310 g/mol. The molecule has 0 spiro atoms. The minimum atomic E-state index is -3.80. The smallest absolute Gasteiger partial charge is 0.243 e. The van der Waals surface area contributed by atoms with Crippen molar-refractivity contribution >= 4 is 38.9 Å². The summed E-state index contributed by atoms with van der Waals surface area (Å²) in [5.74, 6) is 0. The van der Waals surface area contributed by atoms with E-state index in [0.29, 0.717) is 18.5 Å². The number of hydrogen-bond acceptors (Lipinski definition) is 4. The van der Waals surface area contributed by atoms with Gasteiger partial charge in [0.2, 0.25) is 10.0 Å². The van der Waals surface area contributed by atoms with Gasteiger partial charge in [-0.3, -0.25) is 0 Å². The molecule has 0 aromatic heterocycles. The summed E-state index contributed by atoms with van der Waals surface area (Å²) in [5.41, 5.74) is 5.81. The van der Waals surface area contributed by atoms with Crippen molar-refractivity contribution in [2.75, 3.05) is 5.73 Å². The van der Waals surface area contributed by atoms with E-state index in [-0.39, 0.29) is 21.0 Å². The number of sulfonamides is 1. The zero-order chi connectivity index (χ0) is 13.5. The molecule has 5 nitrogen and oxygen atoms in total. The van der Waals surface area contributed by atoms with E-state index in [1.165, 1.54) is 12.1 Å². The second-order valence-corrected chi connectivity index (χ2v) is 6.72. The van der Waals surface area contributed by atoms with E-state index in [4.69, 9.17) is 34.0 Å². The molecule has 4 N–H and O–H groups in total. The van der Waals surface area contributed by atoms with E-state index in [1.54, 1.807) is 0 Å². The molecule has 1 aromatic rings. The predicted octanol–water partition coefficient (Wildman–Crippen LogP) is 1.38. The molecular weight excluding hydrogens is 299 g/mol. The lowest BCUT2D eigenvalue weighted by Gasteiger charge is -2.31. The Bertz CT molecular complexity index is 547. The SMILES string of the molecule is Nc1cc(Cl)c(S(=O)(=O)NC2CC(O)C2)c(Cl)c1. The highest BCUT2D eigenvalue weighted by Gasteiger charge is 2.33. The van der Waals surface area contributed by atoms with E-state index >= 15 is 0 Å². The number of aliphatic hydroxyl groups is 1. The van der Waals surface area contributed by atoms with Crippen LogP contribution in [-0.4, -0.2) is 25.7 Å². The molecule has 0 amide bonds. The van der Waals surface area contributed by atoms with Gasteiger partial charge in [-0.25, -0.2) is 13.1 Å². The summed E-state index contributed by atoms with van der Waals surface area (Å²) in [6.45, 7) is 0. The van der Waals surface area contributed by atoms with Crippen molar-refractivity contribution in [3.05, 3.63) is 22.2 Å². The molecule has 0 aliphatic heterocycles. The van der Waals surface area contributed by atoms with E-state index in [9.17, 15) is 8.42 Å². The zero-order valence-corrected chi connectivity index (χ0v) is 11.6. The fourth-order valence-electron chi connectivity index (χ4n) is 1.80. The van der Waals surface area contributed by atoms with Crippen LogP contribution in [0, 0.1) is 0 Å². The van der Waals surface area contributed by atoms with E-state index in [1.807, 2.05) is 0 Å². The maximum atomic E-state index is 12.1. The number of halogens is 2. The minimum absolute atomic E-state index is 0.0210. The highest BCUT2D eigenvalue weighted by molar-refractivity contribution is 7.89. The van der Waals surface area contributed by atoms with Gasteiger partial charge in [-0.05, 0) is 25.0 Å². The summed E-state index contributed by atoms with van der Waals surface area (Å²) >= 11 is 11.7. The molecule has 0 saturated heterocycles. The lowest BCUT2D eigenvalue weighted by atomic mass is 9.91. The Morgan fingerprint density at radius 3 is 2.22 bits per heavy atom. The average Bonchev–Trinajstić information content (AvgIpc) is 2.11. The Balaban J connectivity index is 2.30. The summed E-state index contributed by atoms with van der Waals surface area (Å²) in [4.78, 5) is -0.179. The van der Waals surface area contributed by atoms with Crippen LogP contribution < -0.4 is 10.5 Å². The van der Waals surface area contributed by atoms with Crippen molar-refractivity contribution in [1.82, 2.24) is 4.72 Å². The van der Waals surface area contributed by atoms with E-state index < -0.39 is 16.1 Å². The Hall–Kier alpha value is -0.530. The van der Waals surface area contributed by atoms with Gasteiger partial charge in [0.15, 0.2) is 0 Å². The third-order valence-corrected chi connectivity index (χ3v) is 5.17. The second-order valence-electron chi connectivity index (χ2n) is 4.26. The molecule has 8 heteroatoms. The van der Waals surface area contributed by atoms with Crippen LogP contribution in [0.3, 0.4) is 0 Å².